The van der Waals surface area contributed by atoms with Gasteiger partial charge in [0.2, 0.25) is 0 Å². The zero-order valence-electron chi connectivity index (χ0n) is 29.2. The number of hydrogen-bond acceptors (Lipinski definition) is 6. The Morgan fingerprint density at radius 3 is 1.58 bits per heavy atom. The van der Waals surface area contributed by atoms with Crippen molar-refractivity contribution in [3.63, 3.8) is 0 Å². The third kappa shape index (κ3) is 7.55. The normalized spacial score (nSPS) is 12.9. The van der Waals surface area contributed by atoms with E-state index in [4.69, 9.17) is 19.0 Å². The summed E-state index contributed by atoms with van der Waals surface area (Å²) in [5.41, 5.74) is 1.10. The van der Waals surface area contributed by atoms with Gasteiger partial charge >= 0.3 is 0 Å². The lowest BCUT2D eigenvalue weighted by molar-refractivity contribution is 0.284. The van der Waals surface area contributed by atoms with Gasteiger partial charge in [-0.1, -0.05) is 69.8 Å². The van der Waals surface area contributed by atoms with Crippen molar-refractivity contribution in [3.8, 4) is 17.2 Å². The summed E-state index contributed by atoms with van der Waals surface area (Å²) in [5, 5.41) is 13.2. The van der Waals surface area contributed by atoms with Crippen molar-refractivity contribution in [1.82, 2.24) is 10.6 Å². The molecule has 7 heteroatoms. The molecule has 48 heavy (non-hydrogen) atoms. The number of nitrogens with one attached hydrogen (secondary N) is 2. The highest BCUT2D eigenvalue weighted by Crippen LogP contribution is 2.47. The zero-order chi connectivity index (χ0) is 34.3. The first-order chi connectivity index (χ1) is 23.1. The van der Waals surface area contributed by atoms with Crippen LogP contribution in [-0.2, 0) is 0 Å². The van der Waals surface area contributed by atoms with Crippen molar-refractivity contribution in [1.29, 1.82) is 0 Å². The van der Waals surface area contributed by atoms with Crippen LogP contribution in [0, 0.1) is 5.41 Å². The number of methoxy groups -OCH3 is 3. The number of rotatable bonds is 13. The van der Waals surface area contributed by atoms with Gasteiger partial charge in [0.1, 0.15) is 17.2 Å². The highest BCUT2D eigenvalue weighted by atomic mass is 31.2. The molecule has 6 nitrogen and oxygen atoms in total. The van der Waals surface area contributed by atoms with Crippen LogP contribution in [0.2, 0.25) is 0 Å². The van der Waals surface area contributed by atoms with Crippen LogP contribution in [0.1, 0.15) is 39.3 Å². The Balaban J connectivity index is 1.57. The van der Waals surface area contributed by atoms with Crippen molar-refractivity contribution in [3.05, 3.63) is 133 Å². The van der Waals surface area contributed by atoms with Crippen LogP contribution in [0.15, 0.2) is 132 Å². The van der Waals surface area contributed by atoms with Gasteiger partial charge in [0.05, 0.1) is 52.8 Å². The van der Waals surface area contributed by atoms with Crippen molar-refractivity contribution >= 4 is 33.7 Å². The molecule has 5 rings (SSSR count). The van der Waals surface area contributed by atoms with Crippen LogP contribution in [-0.4, -0.2) is 33.9 Å². The average molecular weight is 662 g/mol. The Morgan fingerprint density at radius 2 is 1.12 bits per heavy atom. The van der Waals surface area contributed by atoms with Crippen LogP contribution < -0.4 is 40.8 Å². The molecule has 2 N–H and O–H groups in total. The molecule has 0 spiro atoms. The minimum atomic E-state index is -2.55. The van der Waals surface area contributed by atoms with Gasteiger partial charge in [-0.2, -0.15) is 0 Å². The van der Waals surface area contributed by atoms with Crippen LogP contribution in [0.4, 0.5) is 0 Å². The summed E-state index contributed by atoms with van der Waals surface area (Å²) in [6.07, 6.45) is 0. The van der Waals surface area contributed by atoms with Gasteiger partial charge in [-0.05, 0) is 101 Å². The highest BCUT2D eigenvalue weighted by Gasteiger charge is 2.31. The van der Waals surface area contributed by atoms with Crippen molar-refractivity contribution in [2.45, 2.75) is 39.8 Å². The van der Waals surface area contributed by atoms with E-state index in [9.17, 15) is 0 Å². The molecule has 2 atom stereocenters. The van der Waals surface area contributed by atoms with Crippen molar-refractivity contribution < 1.29 is 14.2 Å². The molecule has 0 aliphatic heterocycles. The summed E-state index contributed by atoms with van der Waals surface area (Å²) in [7, 11) is 2.53. The maximum Gasteiger partial charge on any atom is 0.118 e. The minimum Gasteiger partial charge on any atom is -0.497 e. The number of ether oxygens (including phenoxy) is 3. The smallest absolute Gasteiger partial charge is 0.118 e. The predicted octanol–water partition coefficient (Wildman–Crippen LogP) is 8.17. The van der Waals surface area contributed by atoms with Gasteiger partial charge in [0.15, 0.2) is 0 Å². The van der Waals surface area contributed by atoms with Crippen LogP contribution in [0.5, 0.6) is 17.2 Å². The standard InChI is InChI=1S/C41H48N3O3P/c1-29(38-15-11-13-31-12-9-10-14-39(31)38)43-30(2)44-40(41(3,4)5)28-42-48(35-22-16-32(45-6)17-23-35,36-24-18-33(46-7)19-25-36)37-26-20-34(47-8)21-27-37/h9-27,29,40,43-44H,2,28H2,1,3-8H3/t29-,40-/m1/s1. The van der Waals surface area contributed by atoms with Crippen LogP contribution in [0.25, 0.3) is 10.8 Å². The third-order valence-corrected chi connectivity index (χ3v) is 12.6. The molecule has 250 valence electrons. The lowest BCUT2D eigenvalue weighted by Gasteiger charge is -2.35. The fourth-order valence-corrected chi connectivity index (χ4v) is 9.58. The lowest BCUT2D eigenvalue weighted by Crippen LogP contribution is -2.45. The summed E-state index contributed by atoms with van der Waals surface area (Å²) < 4.78 is 22.4. The molecule has 0 unspecified atom stereocenters. The molecule has 0 saturated carbocycles. The summed E-state index contributed by atoms with van der Waals surface area (Å²) in [4.78, 5) is 0. The van der Waals surface area contributed by atoms with E-state index in [0.29, 0.717) is 6.54 Å². The largest absolute Gasteiger partial charge is 0.497 e. The maximum atomic E-state index is 5.79. The van der Waals surface area contributed by atoms with Crippen LogP contribution >= 0.6 is 7.05 Å². The van der Waals surface area contributed by atoms with Gasteiger partial charge in [-0.3, -0.25) is 4.74 Å². The second kappa shape index (κ2) is 15.0. The fourth-order valence-electron chi connectivity index (χ4n) is 6.05. The van der Waals surface area contributed by atoms with E-state index in [1.54, 1.807) is 21.3 Å². The molecule has 0 radical (unpaired) electrons. The molecule has 5 aromatic rings. The first-order valence-corrected chi connectivity index (χ1v) is 18.0. The Labute approximate surface area is 286 Å². The van der Waals surface area contributed by atoms with Gasteiger partial charge < -0.3 is 24.8 Å². The molecule has 0 aliphatic carbocycles. The maximum absolute atomic E-state index is 5.79. The van der Waals surface area contributed by atoms with E-state index in [2.05, 4.69) is 124 Å². The Bertz CT molecular complexity index is 1750. The Kier molecular flexibility index (Phi) is 10.9. The van der Waals surface area contributed by atoms with E-state index < -0.39 is 7.05 Å². The minimum absolute atomic E-state index is 0.0219. The van der Waals surface area contributed by atoms with E-state index in [0.717, 1.165) is 39.0 Å². The first kappa shape index (κ1) is 34.7. The SMILES string of the molecule is C=C(N[C@H](C)c1cccc2ccccc12)N[C@H](CN=P(c1ccc(OC)cc1)(c1ccc(OC)cc1)c1ccc(OC)cc1)C(C)(C)C. The van der Waals surface area contributed by atoms with Crippen LogP contribution in [0.3, 0.4) is 0 Å². The molecular weight excluding hydrogens is 613 g/mol. The van der Waals surface area contributed by atoms with Gasteiger partial charge in [0.25, 0.3) is 0 Å². The Hall–Kier alpha value is -4.67. The molecule has 5 aromatic carbocycles. The molecule has 0 aromatic heterocycles. The van der Waals surface area contributed by atoms with Gasteiger partial charge in [0, 0.05) is 15.9 Å². The quantitative estimate of drug-likeness (QED) is 0.125. The third-order valence-electron chi connectivity index (χ3n) is 8.89. The monoisotopic (exact) mass is 661 g/mol. The Morgan fingerprint density at radius 1 is 0.667 bits per heavy atom. The lowest BCUT2D eigenvalue weighted by atomic mass is 9.87. The molecular formula is C41H48N3O3P. The first-order valence-electron chi connectivity index (χ1n) is 16.3. The topological polar surface area (TPSA) is 64.1 Å². The summed E-state index contributed by atoms with van der Waals surface area (Å²) in [5.74, 6) is 3.18. The average Bonchev–Trinajstić information content (AvgIpc) is 3.11. The summed E-state index contributed by atoms with van der Waals surface area (Å²) in [6.45, 7) is 13.9. The van der Waals surface area contributed by atoms with E-state index in [1.807, 2.05) is 36.4 Å². The summed E-state index contributed by atoms with van der Waals surface area (Å²) in [6, 6.07) is 40.0. The molecule has 0 aliphatic rings. The number of hydrogen-bond donors (Lipinski definition) is 2. The second-order valence-electron chi connectivity index (χ2n) is 13.0. The predicted molar refractivity (Wildman–Crippen MR) is 203 cm³/mol. The molecule has 0 fully saturated rings. The molecule has 0 saturated heterocycles. The highest BCUT2D eigenvalue weighted by molar-refractivity contribution is 7.87. The van der Waals surface area contributed by atoms with Crippen molar-refractivity contribution in [2.24, 2.45) is 10.2 Å². The van der Waals surface area contributed by atoms with E-state index >= 15 is 0 Å². The van der Waals surface area contributed by atoms with E-state index in [1.165, 1.54) is 16.3 Å². The second-order valence-corrected chi connectivity index (χ2v) is 16.1. The van der Waals surface area contributed by atoms with E-state index in [-0.39, 0.29) is 17.5 Å². The molecule has 0 bridgehead atoms. The number of fused-ring (bicyclic) bond motifs is 1. The number of benzene rings is 5. The molecule has 0 amide bonds. The van der Waals surface area contributed by atoms with Crippen molar-refractivity contribution in [2.75, 3.05) is 27.9 Å². The summed E-state index contributed by atoms with van der Waals surface area (Å²) >= 11 is 0. The number of nitrogens with zero attached hydrogens (tertiary/aromatic N) is 1. The fraction of sp³-hybridized carbons (Fsp3) is 0.268. The van der Waals surface area contributed by atoms with Gasteiger partial charge in [-0.15, -0.1) is 0 Å². The van der Waals surface area contributed by atoms with Gasteiger partial charge in [-0.25, -0.2) is 0 Å². The molecule has 0 heterocycles. The zero-order valence-corrected chi connectivity index (χ0v) is 30.1.